The molecule has 0 aromatic carbocycles. The molecular formula is C13H17F2NO3S. The molecule has 1 aliphatic rings. The van der Waals surface area contributed by atoms with Crippen molar-refractivity contribution in [1.29, 1.82) is 0 Å². The molecule has 0 bridgehead atoms. The predicted molar refractivity (Wildman–Crippen MR) is 71.4 cm³/mol. The number of hydrogen-bond acceptors (Lipinski definition) is 4. The van der Waals surface area contributed by atoms with Crippen LogP contribution in [0.15, 0.2) is 6.07 Å². The minimum Gasteiger partial charge on any atom is -0.433 e. The summed E-state index contributed by atoms with van der Waals surface area (Å²) < 4.78 is 28.9. The highest BCUT2D eigenvalue weighted by molar-refractivity contribution is 7.14. The molecule has 1 heterocycles. The number of halogens is 2. The van der Waals surface area contributed by atoms with Gasteiger partial charge in [0.15, 0.2) is 0 Å². The molecule has 0 aliphatic heterocycles. The molecule has 2 rings (SSSR count). The maximum Gasteiger partial charge on any atom is 0.387 e. The topological polar surface area (TPSA) is 58.6 Å². The Labute approximate surface area is 119 Å². The average Bonchev–Trinajstić information content (AvgIpc) is 2.92. The van der Waals surface area contributed by atoms with E-state index in [1.807, 2.05) is 0 Å². The van der Waals surface area contributed by atoms with E-state index in [-0.39, 0.29) is 16.5 Å². The van der Waals surface area contributed by atoms with Crippen LogP contribution in [0, 0.1) is 12.8 Å². The molecule has 4 nitrogen and oxygen atoms in total. The zero-order valence-electron chi connectivity index (χ0n) is 11.1. The quantitative estimate of drug-likeness (QED) is 0.879. The molecule has 20 heavy (non-hydrogen) atoms. The largest absolute Gasteiger partial charge is 0.433 e. The van der Waals surface area contributed by atoms with Crippen molar-refractivity contribution in [3.05, 3.63) is 15.8 Å². The lowest BCUT2D eigenvalue weighted by Crippen LogP contribution is -2.32. The van der Waals surface area contributed by atoms with E-state index in [0.717, 1.165) is 35.5 Å². The number of hydrogen-bond donors (Lipinski definition) is 2. The van der Waals surface area contributed by atoms with Crippen molar-refractivity contribution in [3.63, 3.8) is 0 Å². The first-order valence-corrected chi connectivity index (χ1v) is 7.30. The summed E-state index contributed by atoms with van der Waals surface area (Å²) in [4.78, 5) is 12.9. The maximum absolute atomic E-state index is 12.3. The third-order valence-electron chi connectivity index (χ3n) is 3.39. The Kier molecular flexibility index (Phi) is 4.93. The minimum absolute atomic E-state index is 0.0412. The predicted octanol–water partition coefficient (Wildman–Crippen LogP) is 2.55. The molecule has 1 saturated carbocycles. The van der Waals surface area contributed by atoms with E-state index in [0.29, 0.717) is 6.54 Å². The van der Waals surface area contributed by atoms with Gasteiger partial charge in [0, 0.05) is 17.3 Å². The number of aryl methyl sites for hydroxylation is 1. The second-order valence-corrected chi connectivity index (χ2v) is 6.15. The number of aliphatic hydroxyl groups is 1. The minimum atomic E-state index is -2.95. The molecule has 1 aliphatic carbocycles. The summed E-state index contributed by atoms with van der Waals surface area (Å²) in [5.74, 6) is -0.482. The summed E-state index contributed by atoms with van der Waals surface area (Å²) in [5.41, 5.74) is 0. The van der Waals surface area contributed by atoms with Gasteiger partial charge in [-0.3, -0.25) is 4.79 Å². The third kappa shape index (κ3) is 3.67. The van der Waals surface area contributed by atoms with Crippen LogP contribution in [0.3, 0.4) is 0 Å². The molecule has 7 heteroatoms. The number of rotatable bonds is 5. The van der Waals surface area contributed by atoms with Gasteiger partial charge in [0.25, 0.3) is 5.91 Å². The van der Waals surface area contributed by atoms with Gasteiger partial charge in [-0.15, -0.1) is 11.3 Å². The molecule has 0 radical (unpaired) electrons. The van der Waals surface area contributed by atoms with Gasteiger partial charge in [-0.1, -0.05) is 6.42 Å². The molecule has 0 spiro atoms. The van der Waals surface area contributed by atoms with Crippen LogP contribution in [0.25, 0.3) is 0 Å². The normalized spacial score (nSPS) is 22.2. The van der Waals surface area contributed by atoms with Crippen LogP contribution in [0.4, 0.5) is 8.78 Å². The van der Waals surface area contributed by atoms with Crippen LogP contribution in [0.1, 0.15) is 33.8 Å². The van der Waals surface area contributed by atoms with Gasteiger partial charge >= 0.3 is 6.61 Å². The zero-order valence-corrected chi connectivity index (χ0v) is 11.9. The van der Waals surface area contributed by atoms with Gasteiger partial charge < -0.3 is 15.2 Å². The Hall–Kier alpha value is -1.21. The number of alkyl halides is 2. The van der Waals surface area contributed by atoms with Gasteiger partial charge in [-0.05, 0) is 25.8 Å². The van der Waals surface area contributed by atoms with Crippen LogP contribution in [0.5, 0.6) is 5.75 Å². The Morgan fingerprint density at radius 3 is 2.95 bits per heavy atom. The first kappa shape index (κ1) is 15.2. The van der Waals surface area contributed by atoms with E-state index in [9.17, 15) is 18.7 Å². The number of ether oxygens (including phenoxy) is 1. The van der Waals surface area contributed by atoms with Gasteiger partial charge in [0.05, 0.1) is 6.10 Å². The number of carbonyl (C=O) groups is 1. The zero-order chi connectivity index (χ0) is 14.7. The molecule has 2 unspecified atom stereocenters. The highest BCUT2D eigenvalue weighted by Gasteiger charge is 2.26. The first-order chi connectivity index (χ1) is 9.47. The fourth-order valence-electron chi connectivity index (χ4n) is 2.39. The van der Waals surface area contributed by atoms with Crippen LogP contribution in [0.2, 0.25) is 0 Å². The molecule has 0 saturated heterocycles. The molecule has 2 N–H and O–H groups in total. The van der Waals surface area contributed by atoms with Gasteiger partial charge in [-0.25, -0.2) is 0 Å². The van der Waals surface area contributed by atoms with Crippen LogP contribution in [-0.2, 0) is 0 Å². The molecule has 1 amide bonds. The van der Waals surface area contributed by atoms with Crippen LogP contribution in [-0.4, -0.2) is 30.3 Å². The van der Waals surface area contributed by atoms with Crippen LogP contribution < -0.4 is 10.1 Å². The monoisotopic (exact) mass is 305 g/mol. The SMILES string of the molecule is Cc1cc(OC(F)F)c(C(=O)NCC2CCCC2O)s1. The number of carbonyl (C=O) groups excluding carboxylic acids is 1. The van der Waals surface area contributed by atoms with E-state index >= 15 is 0 Å². The number of nitrogens with one attached hydrogen (secondary N) is 1. The van der Waals surface area contributed by atoms with Gasteiger partial charge in [0.2, 0.25) is 0 Å². The number of aliphatic hydroxyl groups excluding tert-OH is 1. The fourth-order valence-corrected chi connectivity index (χ4v) is 3.25. The van der Waals surface area contributed by atoms with Crippen molar-refractivity contribution < 1.29 is 23.4 Å². The molecular weight excluding hydrogens is 288 g/mol. The summed E-state index contributed by atoms with van der Waals surface area (Å²) >= 11 is 1.11. The summed E-state index contributed by atoms with van der Waals surface area (Å²) in [7, 11) is 0. The summed E-state index contributed by atoms with van der Waals surface area (Å²) in [6.45, 7) is -0.877. The van der Waals surface area contributed by atoms with E-state index in [4.69, 9.17) is 0 Å². The van der Waals surface area contributed by atoms with E-state index in [1.54, 1.807) is 6.92 Å². The summed E-state index contributed by atoms with van der Waals surface area (Å²) in [6, 6.07) is 1.43. The summed E-state index contributed by atoms with van der Waals surface area (Å²) in [6.07, 6.45) is 2.17. The van der Waals surface area contributed by atoms with Crippen molar-refractivity contribution in [2.75, 3.05) is 6.54 Å². The molecule has 112 valence electrons. The second-order valence-electron chi connectivity index (χ2n) is 4.90. The third-order valence-corrected chi connectivity index (χ3v) is 4.42. The lowest BCUT2D eigenvalue weighted by molar-refractivity contribution is -0.0498. The van der Waals surface area contributed by atoms with Crippen LogP contribution >= 0.6 is 11.3 Å². The van der Waals surface area contributed by atoms with Crippen molar-refractivity contribution in [2.45, 2.75) is 38.9 Å². The Bertz CT molecular complexity index is 478. The standard InChI is InChI=1S/C13H17F2NO3S/c1-7-5-10(19-13(14)15)11(20-7)12(18)16-6-8-3-2-4-9(8)17/h5,8-9,13,17H,2-4,6H2,1H3,(H,16,18). The van der Waals surface area contributed by atoms with Crippen molar-refractivity contribution >= 4 is 17.2 Å². The Balaban J connectivity index is 1.98. The first-order valence-electron chi connectivity index (χ1n) is 6.49. The van der Waals surface area contributed by atoms with E-state index in [2.05, 4.69) is 10.1 Å². The number of thiophene rings is 1. The molecule has 1 fully saturated rings. The fraction of sp³-hybridized carbons (Fsp3) is 0.615. The lowest BCUT2D eigenvalue weighted by atomic mass is 10.1. The molecule has 1 aromatic heterocycles. The van der Waals surface area contributed by atoms with Gasteiger partial charge in [-0.2, -0.15) is 8.78 Å². The van der Waals surface area contributed by atoms with Crippen molar-refractivity contribution in [1.82, 2.24) is 5.32 Å². The van der Waals surface area contributed by atoms with E-state index in [1.165, 1.54) is 6.07 Å². The molecule has 2 atom stereocenters. The smallest absolute Gasteiger partial charge is 0.387 e. The van der Waals surface area contributed by atoms with Crippen molar-refractivity contribution in [3.8, 4) is 5.75 Å². The maximum atomic E-state index is 12.3. The Morgan fingerprint density at radius 1 is 1.60 bits per heavy atom. The summed E-state index contributed by atoms with van der Waals surface area (Å²) in [5, 5.41) is 12.4. The highest BCUT2D eigenvalue weighted by Crippen LogP contribution is 2.30. The molecule has 1 aromatic rings. The lowest BCUT2D eigenvalue weighted by Gasteiger charge is -2.15. The Morgan fingerprint density at radius 2 is 2.35 bits per heavy atom. The average molecular weight is 305 g/mol. The number of amides is 1. The second kappa shape index (κ2) is 6.49. The van der Waals surface area contributed by atoms with E-state index < -0.39 is 18.6 Å². The highest BCUT2D eigenvalue weighted by atomic mass is 32.1. The van der Waals surface area contributed by atoms with Gasteiger partial charge in [0.1, 0.15) is 10.6 Å². The van der Waals surface area contributed by atoms with Crippen molar-refractivity contribution in [2.24, 2.45) is 5.92 Å².